The summed E-state index contributed by atoms with van der Waals surface area (Å²) in [4.78, 5) is 110. The van der Waals surface area contributed by atoms with Crippen molar-refractivity contribution in [3.63, 3.8) is 0 Å². The van der Waals surface area contributed by atoms with E-state index < -0.39 is 119 Å². The van der Waals surface area contributed by atoms with Crippen molar-refractivity contribution in [2.75, 3.05) is 13.2 Å². The molecule has 11 atom stereocenters. The van der Waals surface area contributed by atoms with Crippen LogP contribution in [-0.4, -0.2) is 93.2 Å². The largest absolute Gasteiger partial charge is 0.490 e. The summed E-state index contributed by atoms with van der Waals surface area (Å²) < 4.78 is 68.8. The normalized spacial score (nSPS) is 27.3. The van der Waals surface area contributed by atoms with Gasteiger partial charge in [0.05, 0.1) is 37.3 Å². The van der Waals surface area contributed by atoms with Gasteiger partial charge in [0.1, 0.15) is 12.2 Å². The Kier molecular flexibility index (Phi) is 13.1. The molecule has 4 aromatic rings. The highest BCUT2D eigenvalue weighted by Crippen LogP contribution is 2.68. The zero-order valence-corrected chi connectivity index (χ0v) is 32.4. The van der Waals surface area contributed by atoms with Crippen LogP contribution in [0.25, 0.3) is 0 Å². The number of benzene rings is 2. The molecule has 0 radical (unpaired) electrons. The first kappa shape index (κ1) is 44.0. The van der Waals surface area contributed by atoms with Gasteiger partial charge in [0.25, 0.3) is 11.1 Å². The molecular formula is C32H33N4O20P3. The van der Waals surface area contributed by atoms with Gasteiger partial charge < -0.3 is 34.4 Å². The topological polar surface area (TPSA) is 352 Å². The second-order valence-corrected chi connectivity index (χ2v) is 17.5. The molecule has 0 spiro atoms. The van der Waals surface area contributed by atoms with Crippen LogP contribution in [0.5, 0.6) is 0 Å². The summed E-state index contributed by atoms with van der Waals surface area (Å²) in [5.74, 6) is -4.76. The van der Waals surface area contributed by atoms with Crippen molar-refractivity contribution in [1.29, 1.82) is 0 Å². The van der Waals surface area contributed by atoms with E-state index in [1.54, 1.807) is 12.1 Å². The lowest BCUT2D eigenvalue weighted by atomic mass is 9.89. The molecule has 2 aromatic heterocycles. The van der Waals surface area contributed by atoms with Crippen molar-refractivity contribution < 1.29 is 75.3 Å². The number of phosphoric ester groups is 2. The summed E-state index contributed by atoms with van der Waals surface area (Å²) in [6, 6.07) is 16.5. The molecule has 7 N–H and O–H groups in total. The van der Waals surface area contributed by atoms with E-state index in [1.165, 1.54) is 48.5 Å². The standard InChI is InChI=1S/C32H33N4O20P3/c37-21-11-13-35(31(43)33-21)29-24(26(40)18-9-5-2-6-10-18)27(41)20(54-29)16-52-58(47,48)56-59(49,50)55-57(45,46)51-15-19-23(25(39)17-7-3-1-4-8-17)28(42)30(53-19)36-14-12-22(38)34-32(36)44/h1-14,19-20,23-24,27-30,41-42H,15-16H2,(H,45,46)(H,47,48)(H,49,50)(H,33,37,43)(H,34,38,44)/t19-,20-,23+,24-,27-,28-,29+,30-/m1/s1. The van der Waals surface area contributed by atoms with Crippen LogP contribution in [0.15, 0.2) is 104 Å². The number of ketones is 2. The van der Waals surface area contributed by atoms with E-state index in [9.17, 15) is 67.4 Å². The van der Waals surface area contributed by atoms with Gasteiger partial charge in [-0.1, -0.05) is 60.7 Å². The van der Waals surface area contributed by atoms with Crippen LogP contribution in [0.2, 0.25) is 0 Å². The number of nitrogens with zero attached hydrogens (tertiary/aromatic N) is 2. The van der Waals surface area contributed by atoms with Gasteiger partial charge >= 0.3 is 34.8 Å². The Balaban J connectivity index is 1.12. The molecule has 2 aliphatic rings. The number of hydrogen-bond acceptors (Lipinski definition) is 17. The second kappa shape index (κ2) is 17.5. The van der Waals surface area contributed by atoms with Gasteiger partial charge in [-0.05, 0) is 0 Å². The zero-order valence-electron chi connectivity index (χ0n) is 29.7. The van der Waals surface area contributed by atoms with Crippen LogP contribution in [0.4, 0.5) is 0 Å². The number of hydrogen-bond donors (Lipinski definition) is 7. The first-order valence-corrected chi connectivity index (χ1v) is 21.4. The number of carbonyl (C=O) groups is 2. The molecule has 6 rings (SSSR count). The molecule has 2 saturated heterocycles. The maximum atomic E-state index is 13.5. The molecule has 4 heterocycles. The van der Waals surface area contributed by atoms with E-state index in [4.69, 9.17) is 18.5 Å². The molecule has 59 heavy (non-hydrogen) atoms. The average Bonchev–Trinajstić information content (AvgIpc) is 3.67. The van der Waals surface area contributed by atoms with E-state index in [0.29, 0.717) is 0 Å². The van der Waals surface area contributed by atoms with Crippen molar-refractivity contribution in [3.05, 3.63) is 138 Å². The summed E-state index contributed by atoms with van der Waals surface area (Å²) >= 11 is 0. The van der Waals surface area contributed by atoms with Crippen molar-refractivity contribution in [1.82, 2.24) is 19.1 Å². The first-order valence-electron chi connectivity index (χ1n) is 16.9. The molecule has 0 aliphatic carbocycles. The van der Waals surface area contributed by atoms with Gasteiger partial charge in [-0.25, -0.2) is 23.3 Å². The molecule has 2 fully saturated rings. The molecule has 2 aliphatic heterocycles. The van der Waals surface area contributed by atoms with E-state index in [1.807, 2.05) is 9.97 Å². The third-order valence-corrected chi connectivity index (χ3v) is 13.2. The molecule has 0 saturated carbocycles. The molecule has 0 bridgehead atoms. The number of carbonyl (C=O) groups excluding carboxylic acids is 2. The number of nitrogens with one attached hydrogen (secondary N) is 2. The van der Waals surface area contributed by atoms with E-state index >= 15 is 0 Å². The SMILES string of the molecule is O=C(c1ccccc1)[C@@H]1[C@H](O)[C@@H](COP(=O)(O)OP(=O)(O)OP(=O)(O)OC[C@H]2O[C@@H](n3ccc(=O)[nH]c3=O)[C@H](O)[C@@H]2C(=O)c2ccccc2)O[C@@H]1n1ccc(=O)[nH]c1=O. The number of aliphatic hydroxyl groups excluding tert-OH is 2. The van der Waals surface area contributed by atoms with Gasteiger partial charge in [0.15, 0.2) is 24.0 Å². The van der Waals surface area contributed by atoms with Crippen LogP contribution in [0.3, 0.4) is 0 Å². The molecule has 27 heteroatoms. The Hall–Kier alpha value is -4.61. The Bertz CT molecular complexity index is 2580. The number of ether oxygens (including phenoxy) is 2. The fraction of sp³-hybridized carbons (Fsp3) is 0.312. The quantitative estimate of drug-likeness (QED) is 0.0573. The van der Waals surface area contributed by atoms with E-state index in [0.717, 1.165) is 33.7 Å². The number of rotatable bonds is 16. The van der Waals surface area contributed by atoms with Crippen molar-refractivity contribution >= 4 is 35.0 Å². The summed E-state index contributed by atoms with van der Waals surface area (Å²) in [5.41, 5.74) is -3.62. The van der Waals surface area contributed by atoms with Crippen LogP contribution in [0, 0.1) is 11.8 Å². The summed E-state index contributed by atoms with van der Waals surface area (Å²) in [6.07, 6.45) is -8.51. The molecule has 3 unspecified atom stereocenters. The average molecular weight is 887 g/mol. The third-order valence-electron chi connectivity index (χ3n) is 8.93. The van der Waals surface area contributed by atoms with Crippen LogP contribution in [-0.2, 0) is 40.8 Å². The fourth-order valence-corrected chi connectivity index (χ4v) is 9.87. The lowest BCUT2D eigenvalue weighted by molar-refractivity contribution is -0.0528. The minimum Gasteiger partial charge on any atom is -0.389 e. The minimum absolute atomic E-state index is 0.0321. The highest BCUT2D eigenvalue weighted by Gasteiger charge is 2.52. The smallest absolute Gasteiger partial charge is 0.389 e. The highest BCUT2D eigenvalue weighted by molar-refractivity contribution is 7.66. The number of aliphatic hydroxyl groups is 2. The molecule has 24 nitrogen and oxygen atoms in total. The molecule has 316 valence electrons. The highest BCUT2D eigenvalue weighted by atomic mass is 31.3. The summed E-state index contributed by atoms with van der Waals surface area (Å²) in [5, 5.41) is 22.2. The zero-order chi connectivity index (χ0) is 42.9. The lowest BCUT2D eigenvalue weighted by Crippen LogP contribution is -2.38. The fourth-order valence-electron chi connectivity index (χ4n) is 6.35. The van der Waals surface area contributed by atoms with Gasteiger partial charge in [-0.2, -0.15) is 8.62 Å². The predicted molar refractivity (Wildman–Crippen MR) is 195 cm³/mol. The number of aromatic amines is 2. The summed E-state index contributed by atoms with van der Waals surface area (Å²) in [6.45, 7) is -2.33. The van der Waals surface area contributed by atoms with Gasteiger partial charge in [0, 0.05) is 35.7 Å². The Morgan fingerprint density at radius 1 is 0.593 bits per heavy atom. The van der Waals surface area contributed by atoms with Crippen LogP contribution in [0.1, 0.15) is 33.2 Å². The first-order chi connectivity index (χ1) is 27.8. The number of Topliss-reactive ketones (excluding diaryl/α,β-unsaturated/α-hetero) is 2. The van der Waals surface area contributed by atoms with Gasteiger partial charge in [-0.15, -0.1) is 0 Å². The number of phosphoric acid groups is 3. The van der Waals surface area contributed by atoms with Crippen LogP contribution >= 0.6 is 23.5 Å². The second-order valence-electron chi connectivity index (χ2n) is 12.8. The molecule has 0 amide bonds. The predicted octanol–water partition coefficient (Wildman–Crippen LogP) is -0.0308. The Morgan fingerprint density at radius 2 is 1.02 bits per heavy atom. The summed E-state index contributed by atoms with van der Waals surface area (Å²) in [7, 11) is -17.8. The van der Waals surface area contributed by atoms with Crippen molar-refractivity contribution in [2.45, 2.75) is 36.9 Å². The monoisotopic (exact) mass is 886 g/mol. The Morgan fingerprint density at radius 3 is 1.49 bits per heavy atom. The van der Waals surface area contributed by atoms with Gasteiger partial charge in [-0.3, -0.25) is 47.3 Å². The molecular weight excluding hydrogens is 853 g/mol. The number of aromatic nitrogens is 4. The Labute approximate surface area is 329 Å². The van der Waals surface area contributed by atoms with Gasteiger partial charge in [0.2, 0.25) is 0 Å². The number of H-pyrrole nitrogens is 2. The van der Waals surface area contributed by atoms with Crippen molar-refractivity contribution in [2.24, 2.45) is 11.8 Å². The van der Waals surface area contributed by atoms with Crippen molar-refractivity contribution in [3.8, 4) is 0 Å². The molecule has 2 aromatic carbocycles. The maximum Gasteiger partial charge on any atom is 0.490 e. The minimum atomic E-state index is -6.13. The van der Waals surface area contributed by atoms with E-state index in [2.05, 4.69) is 8.62 Å². The van der Waals surface area contributed by atoms with Crippen LogP contribution < -0.4 is 22.5 Å². The maximum absolute atomic E-state index is 13.5. The van der Waals surface area contributed by atoms with E-state index in [-0.39, 0.29) is 11.1 Å². The third kappa shape index (κ3) is 10.2. The lowest BCUT2D eigenvalue weighted by Gasteiger charge is -2.22.